The average molecular weight is 262 g/mol. The maximum atomic E-state index is 6.14. The molecule has 0 spiro atoms. The van der Waals surface area contributed by atoms with Gasteiger partial charge in [-0.15, -0.1) is 0 Å². The van der Waals surface area contributed by atoms with Gasteiger partial charge in [0.15, 0.2) is 17.3 Å². The molecule has 2 rings (SSSR count). The summed E-state index contributed by atoms with van der Waals surface area (Å²) in [6.07, 6.45) is 0. The Morgan fingerprint density at radius 3 is 2.74 bits per heavy atom. The third-order valence-electron chi connectivity index (χ3n) is 2.74. The standard InChI is InChI=1S/C13H18N4O2/c1-4-19-11-7-9(5-6-10(11)18-3)12(14)13-15-8(2)16-17-13/h5-7,12H,4,14H2,1-3H3,(H,15,16,17)/t12-/m0/s1. The zero-order chi connectivity index (χ0) is 13.8. The van der Waals surface area contributed by atoms with Crippen LogP contribution in [0.2, 0.25) is 0 Å². The number of aromatic amines is 1. The van der Waals surface area contributed by atoms with E-state index < -0.39 is 6.04 Å². The molecule has 0 unspecified atom stereocenters. The minimum absolute atomic E-state index is 0.393. The van der Waals surface area contributed by atoms with E-state index in [2.05, 4.69) is 15.2 Å². The highest BCUT2D eigenvalue weighted by atomic mass is 16.5. The molecule has 0 saturated heterocycles. The zero-order valence-corrected chi connectivity index (χ0v) is 11.3. The summed E-state index contributed by atoms with van der Waals surface area (Å²) in [6, 6.07) is 5.19. The van der Waals surface area contributed by atoms with Crippen molar-refractivity contribution < 1.29 is 9.47 Å². The first kappa shape index (κ1) is 13.4. The summed E-state index contributed by atoms with van der Waals surface area (Å²) >= 11 is 0. The van der Waals surface area contributed by atoms with E-state index in [1.807, 2.05) is 32.0 Å². The molecule has 1 atom stereocenters. The van der Waals surface area contributed by atoms with Crippen LogP contribution in [0.4, 0.5) is 0 Å². The molecule has 6 nitrogen and oxygen atoms in total. The fraction of sp³-hybridized carbons (Fsp3) is 0.385. The molecule has 1 aromatic carbocycles. The lowest BCUT2D eigenvalue weighted by Crippen LogP contribution is -2.14. The summed E-state index contributed by atoms with van der Waals surface area (Å²) < 4.78 is 10.8. The lowest BCUT2D eigenvalue weighted by atomic mass is 10.1. The van der Waals surface area contributed by atoms with Crippen molar-refractivity contribution in [1.29, 1.82) is 0 Å². The minimum Gasteiger partial charge on any atom is -0.493 e. The number of rotatable bonds is 5. The lowest BCUT2D eigenvalue weighted by Gasteiger charge is -2.13. The van der Waals surface area contributed by atoms with Crippen molar-refractivity contribution in [1.82, 2.24) is 15.2 Å². The fourth-order valence-corrected chi connectivity index (χ4v) is 1.80. The topological polar surface area (TPSA) is 86.0 Å². The molecule has 0 aliphatic carbocycles. The highest BCUT2D eigenvalue weighted by molar-refractivity contribution is 5.44. The Balaban J connectivity index is 2.31. The normalized spacial score (nSPS) is 12.2. The molecule has 0 bridgehead atoms. The Bertz CT molecular complexity index is 553. The van der Waals surface area contributed by atoms with Gasteiger partial charge in [0.1, 0.15) is 5.82 Å². The Kier molecular flexibility index (Phi) is 4.01. The molecule has 2 aromatic rings. The van der Waals surface area contributed by atoms with Gasteiger partial charge in [0.05, 0.1) is 19.8 Å². The summed E-state index contributed by atoms with van der Waals surface area (Å²) in [5.74, 6) is 2.66. The van der Waals surface area contributed by atoms with Gasteiger partial charge in [-0.3, -0.25) is 5.10 Å². The van der Waals surface area contributed by atoms with Crippen LogP contribution >= 0.6 is 0 Å². The van der Waals surface area contributed by atoms with Crippen LogP contribution in [0.25, 0.3) is 0 Å². The Morgan fingerprint density at radius 2 is 2.16 bits per heavy atom. The highest BCUT2D eigenvalue weighted by Gasteiger charge is 2.16. The molecule has 6 heteroatoms. The van der Waals surface area contributed by atoms with Crippen molar-refractivity contribution in [3.05, 3.63) is 35.4 Å². The number of aromatic nitrogens is 3. The van der Waals surface area contributed by atoms with Gasteiger partial charge in [0, 0.05) is 0 Å². The predicted molar refractivity (Wildman–Crippen MR) is 71.3 cm³/mol. The van der Waals surface area contributed by atoms with E-state index in [0.29, 0.717) is 23.9 Å². The van der Waals surface area contributed by atoms with Crippen molar-refractivity contribution in [3.63, 3.8) is 0 Å². The van der Waals surface area contributed by atoms with Crippen molar-refractivity contribution in [3.8, 4) is 11.5 Å². The van der Waals surface area contributed by atoms with Crippen molar-refractivity contribution in [2.24, 2.45) is 5.73 Å². The number of aryl methyl sites for hydroxylation is 1. The van der Waals surface area contributed by atoms with Gasteiger partial charge >= 0.3 is 0 Å². The second kappa shape index (κ2) is 5.71. The molecule has 3 N–H and O–H groups in total. The fourth-order valence-electron chi connectivity index (χ4n) is 1.80. The van der Waals surface area contributed by atoms with Crippen molar-refractivity contribution in [2.45, 2.75) is 19.9 Å². The largest absolute Gasteiger partial charge is 0.493 e. The Morgan fingerprint density at radius 1 is 1.37 bits per heavy atom. The van der Waals surface area contributed by atoms with E-state index in [0.717, 1.165) is 11.4 Å². The summed E-state index contributed by atoms with van der Waals surface area (Å²) in [6.45, 7) is 4.32. The SMILES string of the molecule is CCOc1cc([C@H](N)c2n[nH]c(C)n2)ccc1OC. The molecule has 0 aliphatic rings. The third-order valence-corrected chi connectivity index (χ3v) is 2.74. The summed E-state index contributed by atoms with van der Waals surface area (Å²) in [4.78, 5) is 4.24. The van der Waals surface area contributed by atoms with E-state index in [4.69, 9.17) is 15.2 Å². The van der Waals surface area contributed by atoms with Gasteiger partial charge < -0.3 is 15.2 Å². The number of nitrogens with zero attached hydrogens (tertiary/aromatic N) is 2. The molecule has 102 valence electrons. The predicted octanol–water partition coefficient (Wildman–Crippen LogP) is 1.57. The number of nitrogens with one attached hydrogen (secondary N) is 1. The van der Waals surface area contributed by atoms with Crippen LogP contribution in [0.3, 0.4) is 0 Å². The van der Waals surface area contributed by atoms with Crippen LogP contribution < -0.4 is 15.2 Å². The van der Waals surface area contributed by atoms with E-state index >= 15 is 0 Å². The Labute approximate surface area is 111 Å². The van der Waals surface area contributed by atoms with Crippen LogP contribution in [0.5, 0.6) is 11.5 Å². The molecule has 0 fully saturated rings. The van der Waals surface area contributed by atoms with Gasteiger partial charge in [-0.25, -0.2) is 4.98 Å². The Hall–Kier alpha value is -2.08. The first-order chi connectivity index (χ1) is 9.15. The lowest BCUT2D eigenvalue weighted by molar-refractivity contribution is 0.310. The maximum absolute atomic E-state index is 6.14. The molecule has 19 heavy (non-hydrogen) atoms. The summed E-state index contributed by atoms with van der Waals surface area (Å²) in [5, 5.41) is 6.86. The molecule has 1 heterocycles. The third kappa shape index (κ3) is 2.85. The number of hydrogen-bond acceptors (Lipinski definition) is 5. The van der Waals surface area contributed by atoms with Gasteiger partial charge in [-0.2, -0.15) is 5.10 Å². The molecule has 0 radical (unpaired) electrons. The van der Waals surface area contributed by atoms with Crippen molar-refractivity contribution >= 4 is 0 Å². The molecule has 0 amide bonds. The van der Waals surface area contributed by atoms with E-state index in [1.165, 1.54) is 0 Å². The zero-order valence-electron chi connectivity index (χ0n) is 11.3. The molecular weight excluding hydrogens is 244 g/mol. The summed E-state index contributed by atoms with van der Waals surface area (Å²) in [5.41, 5.74) is 7.02. The van der Waals surface area contributed by atoms with Gasteiger partial charge in [-0.1, -0.05) is 6.07 Å². The van der Waals surface area contributed by atoms with Gasteiger partial charge in [0.25, 0.3) is 0 Å². The van der Waals surface area contributed by atoms with Crippen LogP contribution in [-0.4, -0.2) is 28.9 Å². The van der Waals surface area contributed by atoms with Crippen molar-refractivity contribution in [2.75, 3.05) is 13.7 Å². The first-order valence-electron chi connectivity index (χ1n) is 6.11. The number of benzene rings is 1. The van der Waals surface area contributed by atoms with Crippen LogP contribution in [0.15, 0.2) is 18.2 Å². The van der Waals surface area contributed by atoms with Gasteiger partial charge in [-0.05, 0) is 31.5 Å². The smallest absolute Gasteiger partial charge is 0.171 e. The number of hydrogen-bond donors (Lipinski definition) is 2. The first-order valence-corrected chi connectivity index (χ1v) is 6.11. The van der Waals surface area contributed by atoms with Crippen LogP contribution in [0.1, 0.15) is 30.2 Å². The number of methoxy groups -OCH3 is 1. The summed E-state index contributed by atoms with van der Waals surface area (Å²) in [7, 11) is 1.61. The van der Waals surface area contributed by atoms with Gasteiger partial charge in [0.2, 0.25) is 0 Å². The minimum atomic E-state index is -0.393. The number of nitrogens with two attached hydrogens (primary N) is 1. The second-order valence-corrected chi connectivity index (χ2v) is 4.10. The monoisotopic (exact) mass is 262 g/mol. The quantitative estimate of drug-likeness (QED) is 0.854. The van der Waals surface area contributed by atoms with E-state index in [-0.39, 0.29) is 0 Å². The molecule has 0 saturated carbocycles. The second-order valence-electron chi connectivity index (χ2n) is 4.10. The maximum Gasteiger partial charge on any atom is 0.171 e. The average Bonchev–Trinajstić information content (AvgIpc) is 2.85. The molecular formula is C13H18N4O2. The highest BCUT2D eigenvalue weighted by Crippen LogP contribution is 2.30. The van der Waals surface area contributed by atoms with Crippen LogP contribution in [0, 0.1) is 6.92 Å². The molecule has 0 aliphatic heterocycles. The van der Waals surface area contributed by atoms with E-state index in [1.54, 1.807) is 7.11 Å². The molecule has 1 aromatic heterocycles. The number of H-pyrrole nitrogens is 1. The van der Waals surface area contributed by atoms with Crippen LogP contribution in [-0.2, 0) is 0 Å². The van der Waals surface area contributed by atoms with E-state index in [9.17, 15) is 0 Å². The number of ether oxygens (including phenoxy) is 2.